The molecule has 0 fully saturated rings. The molecule has 0 spiro atoms. The molecule has 0 aliphatic rings. The maximum absolute atomic E-state index is 5.70. The van der Waals surface area contributed by atoms with Crippen LogP contribution in [0.2, 0.25) is 0 Å². The molecule has 0 amide bonds. The Morgan fingerprint density at radius 1 is 1.38 bits per heavy atom. The van der Waals surface area contributed by atoms with Crippen LogP contribution in [0.1, 0.15) is 13.3 Å². The highest BCUT2D eigenvalue weighted by molar-refractivity contribution is 5.55. The molecular weight excluding hydrogens is 166 g/mol. The number of hydrogen-bond donors (Lipinski definition) is 1. The second-order valence-corrected chi connectivity index (χ2v) is 2.75. The van der Waals surface area contributed by atoms with Crippen LogP contribution in [-0.2, 0) is 0 Å². The zero-order chi connectivity index (χ0) is 9.68. The Balaban J connectivity index is 2.78. The van der Waals surface area contributed by atoms with Crippen LogP contribution >= 0.6 is 0 Å². The van der Waals surface area contributed by atoms with Crippen LogP contribution in [-0.4, -0.2) is 13.7 Å². The van der Waals surface area contributed by atoms with Crippen molar-refractivity contribution in [1.82, 2.24) is 0 Å². The van der Waals surface area contributed by atoms with Gasteiger partial charge in [-0.3, -0.25) is 0 Å². The minimum absolute atomic E-state index is 0.647. The average Bonchev–Trinajstić information content (AvgIpc) is 2.17. The maximum atomic E-state index is 5.70. The van der Waals surface area contributed by atoms with E-state index in [1.807, 2.05) is 6.07 Å². The van der Waals surface area contributed by atoms with E-state index in [9.17, 15) is 0 Å². The number of rotatable bonds is 4. The minimum Gasteiger partial charge on any atom is -0.497 e. The largest absolute Gasteiger partial charge is 0.497 e. The van der Waals surface area contributed by atoms with Gasteiger partial charge in [0.25, 0.3) is 0 Å². The Labute approximate surface area is 78.5 Å². The molecule has 0 unspecified atom stereocenters. The van der Waals surface area contributed by atoms with E-state index in [0.29, 0.717) is 18.0 Å². The normalized spacial score (nSPS) is 9.69. The van der Waals surface area contributed by atoms with Crippen LogP contribution in [0.25, 0.3) is 0 Å². The third kappa shape index (κ3) is 2.54. The van der Waals surface area contributed by atoms with Crippen molar-refractivity contribution < 1.29 is 9.47 Å². The van der Waals surface area contributed by atoms with Gasteiger partial charge in [-0.1, -0.05) is 6.92 Å². The second-order valence-electron chi connectivity index (χ2n) is 2.75. The molecule has 72 valence electrons. The Bertz CT molecular complexity index is 274. The second kappa shape index (κ2) is 4.60. The molecule has 0 bridgehead atoms. The lowest BCUT2D eigenvalue weighted by molar-refractivity contribution is 0.316. The number of benzene rings is 1. The summed E-state index contributed by atoms with van der Waals surface area (Å²) >= 11 is 0. The van der Waals surface area contributed by atoms with Crippen LogP contribution < -0.4 is 15.2 Å². The topological polar surface area (TPSA) is 44.5 Å². The Kier molecular flexibility index (Phi) is 3.43. The van der Waals surface area contributed by atoms with Crippen LogP contribution in [0.15, 0.2) is 18.2 Å². The van der Waals surface area contributed by atoms with Gasteiger partial charge in [0.2, 0.25) is 0 Å². The van der Waals surface area contributed by atoms with Gasteiger partial charge in [-0.2, -0.15) is 0 Å². The van der Waals surface area contributed by atoms with E-state index < -0.39 is 0 Å². The first-order valence-electron chi connectivity index (χ1n) is 4.34. The lowest BCUT2D eigenvalue weighted by Crippen LogP contribution is -1.99. The molecule has 2 N–H and O–H groups in total. The first-order valence-corrected chi connectivity index (χ1v) is 4.34. The standard InChI is InChI=1S/C10H15NO2/c1-3-6-13-10-7-8(12-2)4-5-9(10)11/h4-5,7H,3,6,11H2,1-2H3. The minimum atomic E-state index is 0.647. The lowest BCUT2D eigenvalue weighted by Gasteiger charge is -2.08. The van der Waals surface area contributed by atoms with Crippen LogP contribution in [0, 0.1) is 0 Å². The molecule has 0 saturated heterocycles. The van der Waals surface area contributed by atoms with Gasteiger partial charge in [-0.05, 0) is 18.6 Å². The molecule has 1 rings (SSSR count). The predicted octanol–water partition coefficient (Wildman–Crippen LogP) is 2.07. The molecule has 0 saturated carbocycles. The SMILES string of the molecule is CCCOc1cc(OC)ccc1N. The van der Waals surface area contributed by atoms with Crippen molar-refractivity contribution in [2.24, 2.45) is 0 Å². The van der Waals surface area contributed by atoms with E-state index in [1.54, 1.807) is 19.2 Å². The monoisotopic (exact) mass is 181 g/mol. The number of methoxy groups -OCH3 is 1. The van der Waals surface area contributed by atoms with Gasteiger partial charge in [-0.15, -0.1) is 0 Å². The zero-order valence-corrected chi connectivity index (χ0v) is 8.04. The van der Waals surface area contributed by atoms with E-state index in [4.69, 9.17) is 15.2 Å². The fraction of sp³-hybridized carbons (Fsp3) is 0.400. The third-order valence-corrected chi connectivity index (χ3v) is 1.68. The number of nitrogens with two attached hydrogens (primary N) is 1. The first kappa shape index (κ1) is 9.71. The molecule has 13 heavy (non-hydrogen) atoms. The zero-order valence-electron chi connectivity index (χ0n) is 8.04. The summed E-state index contributed by atoms with van der Waals surface area (Å²) in [5.41, 5.74) is 6.35. The van der Waals surface area contributed by atoms with Crippen molar-refractivity contribution in [2.75, 3.05) is 19.5 Å². The van der Waals surface area contributed by atoms with E-state index in [0.717, 1.165) is 12.2 Å². The molecule has 1 aromatic rings. The fourth-order valence-electron chi connectivity index (χ4n) is 0.979. The number of ether oxygens (including phenoxy) is 2. The molecule has 0 aliphatic carbocycles. The van der Waals surface area contributed by atoms with E-state index in [2.05, 4.69) is 6.92 Å². The van der Waals surface area contributed by atoms with Gasteiger partial charge in [0, 0.05) is 6.07 Å². The van der Waals surface area contributed by atoms with E-state index >= 15 is 0 Å². The summed E-state index contributed by atoms with van der Waals surface area (Å²) in [5, 5.41) is 0. The van der Waals surface area contributed by atoms with Gasteiger partial charge < -0.3 is 15.2 Å². The van der Waals surface area contributed by atoms with Gasteiger partial charge in [0.1, 0.15) is 11.5 Å². The summed E-state index contributed by atoms with van der Waals surface area (Å²) in [5.74, 6) is 1.46. The number of nitrogen functional groups attached to an aromatic ring is 1. The molecule has 0 atom stereocenters. The van der Waals surface area contributed by atoms with Crippen LogP contribution in [0.4, 0.5) is 5.69 Å². The summed E-state index contributed by atoms with van der Waals surface area (Å²) in [7, 11) is 1.62. The summed E-state index contributed by atoms with van der Waals surface area (Å²) in [4.78, 5) is 0. The molecule has 0 heterocycles. The fourth-order valence-corrected chi connectivity index (χ4v) is 0.979. The average molecular weight is 181 g/mol. The van der Waals surface area contributed by atoms with Crippen molar-refractivity contribution >= 4 is 5.69 Å². The van der Waals surface area contributed by atoms with Crippen molar-refractivity contribution in [1.29, 1.82) is 0 Å². The van der Waals surface area contributed by atoms with E-state index in [1.165, 1.54) is 0 Å². The summed E-state index contributed by atoms with van der Waals surface area (Å²) in [6.45, 7) is 2.73. The number of anilines is 1. The molecule has 3 nitrogen and oxygen atoms in total. The Morgan fingerprint density at radius 2 is 2.15 bits per heavy atom. The first-order chi connectivity index (χ1) is 6.27. The third-order valence-electron chi connectivity index (χ3n) is 1.68. The highest BCUT2D eigenvalue weighted by atomic mass is 16.5. The van der Waals surface area contributed by atoms with Gasteiger partial charge in [0.15, 0.2) is 0 Å². The van der Waals surface area contributed by atoms with Crippen molar-refractivity contribution in [3.63, 3.8) is 0 Å². The van der Waals surface area contributed by atoms with E-state index in [-0.39, 0.29) is 0 Å². The molecule has 0 radical (unpaired) electrons. The van der Waals surface area contributed by atoms with Crippen molar-refractivity contribution in [3.8, 4) is 11.5 Å². The summed E-state index contributed by atoms with van der Waals surface area (Å²) in [6, 6.07) is 5.39. The quantitative estimate of drug-likeness (QED) is 0.723. The summed E-state index contributed by atoms with van der Waals surface area (Å²) in [6.07, 6.45) is 0.969. The maximum Gasteiger partial charge on any atom is 0.145 e. The molecule has 0 aromatic heterocycles. The van der Waals surface area contributed by atoms with Crippen molar-refractivity contribution in [3.05, 3.63) is 18.2 Å². The predicted molar refractivity (Wildman–Crippen MR) is 53.2 cm³/mol. The number of hydrogen-bond acceptors (Lipinski definition) is 3. The van der Waals surface area contributed by atoms with Crippen LogP contribution in [0.5, 0.6) is 11.5 Å². The van der Waals surface area contributed by atoms with Gasteiger partial charge in [-0.25, -0.2) is 0 Å². The highest BCUT2D eigenvalue weighted by Crippen LogP contribution is 2.26. The smallest absolute Gasteiger partial charge is 0.145 e. The molecule has 3 heteroatoms. The Morgan fingerprint density at radius 3 is 2.77 bits per heavy atom. The van der Waals surface area contributed by atoms with Gasteiger partial charge >= 0.3 is 0 Å². The molecular formula is C10H15NO2. The highest BCUT2D eigenvalue weighted by Gasteiger charge is 2.01. The lowest BCUT2D eigenvalue weighted by atomic mass is 10.3. The molecule has 0 aliphatic heterocycles. The summed E-state index contributed by atoms with van der Waals surface area (Å²) < 4.78 is 10.5. The van der Waals surface area contributed by atoms with Crippen LogP contribution in [0.3, 0.4) is 0 Å². The van der Waals surface area contributed by atoms with Gasteiger partial charge in [0.05, 0.1) is 19.4 Å². The van der Waals surface area contributed by atoms with Crippen molar-refractivity contribution in [2.45, 2.75) is 13.3 Å². The Hall–Kier alpha value is -1.38. The molecule has 1 aromatic carbocycles.